The van der Waals surface area contributed by atoms with Gasteiger partial charge in [0.2, 0.25) is 5.28 Å². The monoisotopic (exact) mass is 501 g/mol. The number of carbonyl (C=O) groups excluding carboxylic acids is 2. The second kappa shape index (κ2) is 8.86. The van der Waals surface area contributed by atoms with Crippen molar-refractivity contribution in [1.82, 2.24) is 19.4 Å². The first-order valence-corrected chi connectivity index (χ1v) is 12.1. The molecule has 1 saturated heterocycles. The molecule has 1 unspecified atom stereocenters. The molecule has 1 atom stereocenters. The Morgan fingerprint density at radius 3 is 2.23 bits per heavy atom. The third kappa shape index (κ3) is 5.29. The Bertz CT molecular complexity index is 1290. The number of hydrogen-bond acceptors (Lipinski definition) is 7. The third-order valence-corrected chi connectivity index (χ3v) is 5.80. The minimum Gasteiger partial charge on any atom is -0.444 e. The zero-order valence-electron chi connectivity index (χ0n) is 21.3. The van der Waals surface area contributed by atoms with Crippen LogP contribution in [0.3, 0.4) is 0 Å². The zero-order valence-corrected chi connectivity index (χ0v) is 22.0. The van der Waals surface area contributed by atoms with Crippen molar-refractivity contribution in [2.45, 2.75) is 65.7 Å². The molecule has 1 aliphatic heterocycles. The Labute approximate surface area is 209 Å². The van der Waals surface area contributed by atoms with Crippen LogP contribution in [0.2, 0.25) is 5.28 Å². The molecule has 35 heavy (non-hydrogen) atoms. The van der Waals surface area contributed by atoms with Gasteiger partial charge in [-0.25, -0.2) is 14.6 Å². The van der Waals surface area contributed by atoms with E-state index in [4.69, 9.17) is 21.1 Å². The largest absolute Gasteiger partial charge is 0.444 e. The summed E-state index contributed by atoms with van der Waals surface area (Å²) in [6.07, 6.45) is 0.898. The lowest BCUT2D eigenvalue weighted by Crippen LogP contribution is -2.54. The molecule has 188 valence electrons. The molecule has 4 rings (SSSR count). The van der Waals surface area contributed by atoms with Gasteiger partial charge in [-0.05, 0) is 78.3 Å². The molecule has 0 aliphatic carbocycles. The predicted molar refractivity (Wildman–Crippen MR) is 136 cm³/mol. The van der Waals surface area contributed by atoms with Gasteiger partial charge in [0.15, 0.2) is 0 Å². The van der Waals surface area contributed by atoms with Gasteiger partial charge in [0, 0.05) is 42.6 Å². The standard InChI is InChI=1S/C25H32ClN5O4/c1-15-14-29(22(32)34-24(2,3)4)12-13-30(15)20-17-8-9-18-16(19(17)27-21(26)28-20)10-11-31(18)23(33)35-25(5,6)7/h8-11,15H,12-14H2,1-7H3. The number of carbonyl (C=O) groups is 2. The van der Waals surface area contributed by atoms with Crippen LogP contribution in [-0.2, 0) is 9.47 Å². The van der Waals surface area contributed by atoms with E-state index in [-0.39, 0.29) is 17.4 Å². The molecule has 1 fully saturated rings. The van der Waals surface area contributed by atoms with E-state index in [1.165, 1.54) is 4.57 Å². The molecule has 0 radical (unpaired) electrons. The van der Waals surface area contributed by atoms with Gasteiger partial charge >= 0.3 is 12.2 Å². The lowest BCUT2D eigenvalue weighted by Gasteiger charge is -2.41. The van der Waals surface area contributed by atoms with Gasteiger partial charge < -0.3 is 19.3 Å². The summed E-state index contributed by atoms with van der Waals surface area (Å²) in [6, 6.07) is 5.58. The molecular formula is C25H32ClN5O4. The Morgan fingerprint density at radius 2 is 1.60 bits per heavy atom. The van der Waals surface area contributed by atoms with Gasteiger partial charge in [-0.1, -0.05) is 0 Å². The maximum atomic E-state index is 12.7. The maximum absolute atomic E-state index is 12.7. The van der Waals surface area contributed by atoms with E-state index in [1.54, 1.807) is 11.1 Å². The first-order valence-electron chi connectivity index (χ1n) is 11.7. The topological polar surface area (TPSA) is 89.8 Å². The van der Waals surface area contributed by atoms with Crippen LogP contribution in [0.4, 0.5) is 15.4 Å². The van der Waals surface area contributed by atoms with Gasteiger partial charge in [-0.3, -0.25) is 4.57 Å². The number of hydrogen-bond donors (Lipinski definition) is 0. The van der Waals surface area contributed by atoms with Crippen molar-refractivity contribution in [2.24, 2.45) is 0 Å². The van der Waals surface area contributed by atoms with Crippen LogP contribution in [0.1, 0.15) is 48.5 Å². The number of ether oxygens (including phenoxy) is 2. The first kappa shape index (κ1) is 25.0. The van der Waals surface area contributed by atoms with Crippen molar-refractivity contribution >= 4 is 51.4 Å². The highest BCUT2D eigenvalue weighted by Gasteiger charge is 2.32. The molecule has 3 aromatic rings. The highest BCUT2D eigenvalue weighted by atomic mass is 35.5. The lowest BCUT2D eigenvalue weighted by atomic mass is 10.1. The fraction of sp³-hybridized carbons (Fsp3) is 0.520. The number of aromatic nitrogens is 3. The molecule has 0 N–H and O–H groups in total. The van der Waals surface area contributed by atoms with Crippen molar-refractivity contribution in [2.75, 3.05) is 24.5 Å². The van der Waals surface area contributed by atoms with E-state index >= 15 is 0 Å². The number of fused-ring (bicyclic) bond motifs is 3. The van der Waals surface area contributed by atoms with Crippen molar-refractivity contribution in [3.63, 3.8) is 0 Å². The molecule has 0 spiro atoms. The average molecular weight is 502 g/mol. The lowest BCUT2D eigenvalue weighted by molar-refractivity contribution is 0.0218. The van der Waals surface area contributed by atoms with Gasteiger partial charge in [0.1, 0.15) is 17.0 Å². The maximum Gasteiger partial charge on any atom is 0.418 e. The summed E-state index contributed by atoms with van der Waals surface area (Å²) in [5.41, 5.74) is 0.173. The summed E-state index contributed by atoms with van der Waals surface area (Å²) >= 11 is 6.37. The molecule has 1 aromatic carbocycles. The number of rotatable bonds is 1. The van der Waals surface area contributed by atoms with Crippen LogP contribution in [0.15, 0.2) is 24.4 Å². The molecule has 1 amide bonds. The van der Waals surface area contributed by atoms with Crippen LogP contribution < -0.4 is 4.90 Å². The van der Waals surface area contributed by atoms with Crippen LogP contribution in [0.5, 0.6) is 0 Å². The average Bonchev–Trinajstić information content (AvgIpc) is 3.15. The third-order valence-electron chi connectivity index (χ3n) is 5.63. The number of benzene rings is 1. The minimum atomic E-state index is -0.610. The minimum absolute atomic E-state index is 0.0208. The normalized spacial score (nSPS) is 17.2. The van der Waals surface area contributed by atoms with E-state index < -0.39 is 17.3 Å². The summed E-state index contributed by atoms with van der Waals surface area (Å²) in [6.45, 7) is 14.7. The fourth-order valence-corrected chi connectivity index (χ4v) is 4.39. The Morgan fingerprint density at radius 1 is 0.943 bits per heavy atom. The molecule has 10 heteroatoms. The highest BCUT2D eigenvalue weighted by molar-refractivity contribution is 6.29. The Hall–Kier alpha value is -3.07. The van der Waals surface area contributed by atoms with E-state index in [0.717, 1.165) is 10.8 Å². The second-order valence-electron chi connectivity index (χ2n) is 10.8. The quantitative estimate of drug-likeness (QED) is 0.408. The summed E-state index contributed by atoms with van der Waals surface area (Å²) < 4.78 is 12.5. The van der Waals surface area contributed by atoms with Crippen LogP contribution in [0.25, 0.3) is 21.8 Å². The molecule has 9 nitrogen and oxygen atoms in total. The molecule has 2 aromatic heterocycles. The van der Waals surface area contributed by atoms with Crippen LogP contribution in [-0.4, -0.2) is 68.5 Å². The summed E-state index contributed by atoms with van der Waals surface area (Å²) in [4.78, 5) is 38.2. The molecule has 0 bridgehead atoms. The Kier molecular flexibility index (Phi) is 6.34. The molecule has 3 heterocycles. The summed E-state index contributed by atoms with van der Waals surface area (Å²) in [7, 11) is 0. The van der Waals surface area contributed by atoms with Gasteiger partial charge in [0.05, 0.1) is 11.0 Å². The molecule has 1 aliphatic rings. The van der Waals surface area contributed by atoms with Crippen molar-refractivity contribution in [3.05, 3.63) is 29.7 Å². The number of amides is 1. The van der Waals surface area contributed by atoms with Crippen LogP contribution in [0, 0.1) is 0 Å². The van der Waals surface area contributed by atoms with Crippen molar-refractivity contribution < 1.29 is 19.1 Å². The SMILES string of the molecule is CC1CN(C(=O)OC(C)(C)C)CCN1c1nc(Cl)nc2c1ccc1c2ccn1C(=O)OC(C)(C)C. The summed E-state index contributed by atoms with van der Waals surface area (Å²) in [5.74, 6) is 0.697. The van der Waals surface area contributed by atoms with Crippen LogP contribution >= 0.6 is 11.6 Å². The van der Waals surface area contributed by atoms with Gasteiger partial charge in [0.25, 0.3) is 0 Å². The number of anilines is 1. The Balaban J connectivity index is 1.67. The van der Waals surface area contributed by atoms with E-state index in [0.29, 0.717) is 36.5 Å². The van der Waals surface area contributed by atoms with Gasteiger partial charge in [-0.2, -0.15) is 4.98 Å². The van der Waals surface area contributed by atoms with E-state index in [1.807, 2.05) is 66.7 Å². The fourth-order valence-electron chi connectivity index (χ4n) is 4.22. The van der Waals surface area contributed by atoms with Gasteiger partial charge in [-0.15, -0.1) is 0 Å². The first-order chi connectivity index (χ1) is 16.2. The predicted octanol–water partition coefficient (Wildman–Crippen LogP) is 5.47. The van der Waals surface area contributed by atoms with E-state index in [2.05, 4.69) is 14.9 Å². The highest BCUT2D eigenvalue weighted by Crippen LogP contribution is 2.33. The van der Waals surface area contributed by atoms with E-state index in [9.17, 15) is 9.59 Å². The number of piperazine rings is 1. The zero-order chi connectivity index (χ0) is 25.7. The van der Waals surface area contributed by atoms with Crippen molar-refractivity contribution in [3.8, 4) is 0 Å². The molecular weight excluding hydrogens is 470 g/mol. The molecule has 0 saturated carbocycles. The smallest absolute Gasteiger partial charge is 0.418 e. The summed E-state index contributed by atoms with van der Waals surface area (Å²) in [5, 5.41) is 1.71. The number of halogens is 1. The number of nitrogens with zero attached hydrogens (tertiary/aromatic N) is 5. The van der Waals surface area contributed by atoms with Crippen molar-refractivity contribution in [1.29, 1.82) is 0 Å². The second-order valence-corrected chi connectivity index (χ2v) is 11.2.